The number of nitrogens with one attached hydrogen (secondary N) is 1. The van der Waals surface area contributed by atoms with Gasteiger partial charge in [-0.2, -0.15) is 0 Å². The number of allylic oxidation sites excluding steroid dienone is 2. The molecule has 0 heterocycles. The second-order valence-electron chi connectivity index (χ2n) is 2.45. The normalized spacial score (nSPS) is 20.6. The number of hydrogen-bond donors (Lipinski definition) is 2. The number of carbonyl (C=O) groups is 1. The molecule has 0 radical (unpaired) electrons. The van der Waals surface area contributed by atoms with Crippen molar-refractivity contribution in [3.8, 4) is 0 Å². The molecule has 4 nitrogen and oxygen atoms in total. The second-order valence-corrected chi connectivity index (χ2v) is 2.45. The zero-order valence-corrected chi connectivity index (χ0v) is 6.58. The van der Waals surface area contributed by atoms with Gasteiger partial charge in [0.2, 0.25) is 0 Å². The molecule has 1 aliphatic carbocycles. The molecule has 0 unspecified atom stereocenters. The average Bonchev–Trinajstić information content (AvgIpc) is 2.07. The number of hydrogen-bond acceptors (Lipinski definition) is 4. The van der Waals surface area contributed by atoms with Gasteiger partial charge in [-0.05, 0) is 12.2 Å². The summed E-state index contributed by atoms with van der Waals surface area (Å²) < 4.78 is 0. The topological polar surface area (TPSA) is 73.5 Å². The van der Waals surface area contributed by atoms with Crippen LogP contribution in [0.2, 0.25) is 0 Å². The van der Waals surface area contributed by atoms with E-state index in [0.29, 0.717) is 11.4 Å². The van der Waals surface area contributed by atoms with E-state index in [-0.39, 0.29) is 25.4 Å². The molecule has 0 atom stereocenters. The number of nitrogens with zero attached hydrogens (tertiary/aromatic N) is 1. The van der Waals surface area contributed by atoms with Crippen LogP contribution in [0.3, 0.4) is 0 Å². The molecular weight excluding hydrogens is 156 g/mol. The molecule has 0 aliphatic heterocycles. The largest absolute Gasteiger partial charge is 0.394 e. The number of aliphatic hydroxyl groups is 1. The fourth-order valence-electron chi connectivity index (χ4n) is 0.918. The molecule has 0 fully saturated rings. The highest BCUT2D eigenvalue weighted by molar-refractivity contribution is 6.49. The van der Waals surface area contributed by atoms with E-state index in [2.05, 4.69) is 4.99 Å². The molecule has 1 aliphatic rings. The fraction of sp³-hybridized carbons (Fsp3) is 0.375. The maximum absolute atomic E-state index is 11.0. The van der Waals surface area contributed by atoms with Gasteiger partial charge in [0.25, 0.3) is 0 Å². The van der Waals surface area contributed by atoms with Crippen molar-refractivity contribution in [3.63, 3.8) is 0 Å². The van der Waals surface area contributed by atoms with Crippen molar-refractivity contribution < 1.29 is 9.90 Å². The molecular formula is C8H10N2O2. The van der Waals surface area contributed by atoms with Gasteiger partial charge in [-0.3, -0.25) is 9.79 Å². The molecule has 1 rings (SSSR count). The first-order chi connectivity index (χ1) is 5.74. The Hall–Kier alpha value is -1.29. The van der Waals surface area contributed by atoms with Crippen molar-refractivity contribution in [3.05, 3.63) is 12.2 Å². The SMILES string of the molecule is N=C1C=CC(=O)C(=NCCO)C1. The van der Waals surface area contributed by atoms with E-state index in [1.807, 2.05) is 0 Å². The molecule has 64 valence electrons. The molecule has 0 spiro atoms. The van der Waals surface area contributed by atoms with Crippen LogP contribution in [0, 0.1) is 5.41 Å². The summed E-state index contributed by atoms with van der Waals surface area (Å²) in [6, 6.07) is 0. The van der Waals surface area contributed by atoms with Crippen molar-refractivity contribution in [2.75, 3.05) is 13.2 Å². The third-order valence-electron chi connectivity index (χ3n) is 1.48. The van der Waals surface area contributed by atoms with E-state index in [0.717, 1.165) is 0 Å². The minimum Gasteiger partial charge on any atom is -0.394 e. The molecule has 0 aromatic carbocycles. The van der Waals surface area contributed by atoms with Crippen molar-refractivity contribution in [2.45, 2.75) is 6.42 Å². The number of carbonyl (C=O) groups excluding carboxylic acids is 1. The first-order valence-electron chi connectivity index (χ1n) is 3.68. The lowest BCUT2D eigenvalue weighted by molar-refractivity contribution is -0.109. The molecule has 0 amide bonds. The minimum absolute atomic E-state index is 0.0617. The van der Waals surface area contributed by atoms with Gasteiger partial charge >= 0.3 is 0 Å². The van der Waals surface area contributed by atoms with Crippen LogP contribution in [-0.4, -0.2) is 35.5 Å². The summed E-state index contributed by atoms with van der Waals surface area (Å²) >= 11 is 0. The average molecular weight is 166 g/mol. The number of ketones is 1. The molecule has 0 saturated heterocycles. The van der Waals surface area contributed by atoms with Crippen LogP contribution in [0.5, 0.6) is 0 Å². The van der Waals surface area contributed by atoms with E-state index in [4.69, 9.17) is 10.5 Å². The Balaban J connectivity index is 2.72. The zero-order valence-electron chi connectivity index (χ0n) is 6.58. The molecule has 0 saturated carbocycles. The summed E-state index contributed by atoms with van der Waals surface area (Å²) in [5, 5.41) is 15.7. The second kappa shape index (κ2) is 3.92. The Labute approximate surface area is 70.1 Å². The third-order valence-corrected chi connectivity index (χ3v) is 1.48. The molecule has 0 aromatic rings. The summed E-state index contributed by atoms with van der Waals surface area (Å²) in [6.07, 6.45) is 3.09. The van der Waals surface area contributed by atoms with Crippen molar-refractivity contribution in [1.29, 1.82) is 5.41 Å². The maximum Gasteiger partial charge on any atom is 0.200 e. The quantitative estimate of drug-likeness (QED) is 0.604. The first-order valence-corrected chi connectivity index (χ1v) is 3.68. The monoisotopic (exact) mass is 166 g/mol. The first kappa shape index (κ1) is 8.80. The lowest BCUT2D eigenvalue weighted by Crippen LogP contribution is -2.20. The van der Waals surface area contributed by atoms with Crippen LogP contribution >= 0.6 is 0 Å². The molecule has 0 aromatic heterocycles. The van der Waals surface area contributed by atoms with Gasteiger partial charge in [-0.1, -0.05) is 0 Å². The van der Waals surface area contributed by atoms with Crippen LogP contribution < -0.4 is 0 Å². The van der Waals surface area contributed by atoms with E-state index in [1.54, 1.807) is 0 Å². The Morgan fingerprint density at radius 2 is 2.33 bits per heavy atom. The van der Waals surface area contributed by atoms with E-state index in [1.165, 1.54) is 12.2 Å². The number of rotatable bonds is 2. The standard InChI is InChI=1S/C8H10N2O2/c9-6-1-2-8(12)7(5-6)10-3-4-11/h1-2,9,11H,3-5H2. The van der Waals surface area contributed by atoms with E-state index >= 15 is 0 Å². The highest BCUT2D eigenvalue weighted by atomic mass is 16.3. The fourth-order valence-corrected chi connectivity index (χ4v) is 0.918. The summed E-state index contributed by atoms with van der Waals surface area (Å²) in [4.78, 5) is 14.9. The number of aliphatic hydroxyl groups excluding tert-OH is 1. The Morgan fingerprint density at radius 1 is 1.58 bits per heavy atom. The lowest BCUT2D eigenvalue weighted by Gasteiger charge is -2.06. The highest BCUT2D eigenvalue weighted by Crippen LogP contribution is 2.01. The summed E-state index contributed by atoms with van der Waals surface area (Å²) in [7, 11) is 0. The Kier molecular flexibility index (Phi) is 2.88. The summed E-state index contributed by atoms with van der Waals surface area (Å²) in [5.74, 6) is -0.153. The van der Waals surface area contributed by atoms with Gasteiger partial charge in [-0.25, -0.2) is 0 Å². The molecule has 12 heavy (non-hydrogen) atoms. The van der Waals surface area contributed by atoms with Crippen molar-refractivity contribution >= 4 is 17.2 Å². The van der Waals surface area contributed by atoms with E-state index < -0.39 is 0 Å². The summed E-state index contributed by atoms with van der Waals surface area (Å²) in [5.41, 5.74) is 0.753. The minimum atomic E-state index is -0.153. The van der Waals surface area contributed by atoms with Gasteiger partial charge in [0, 0.05) is 12.1 Å². The Bertz CT molecular complexity index is 266. The molecule has 0 bridgehead atoms. The van der Waals surface area contributed by atoms with Gasteiger partial charge < -0.3 is 10.5 Å². The Morgan fingerprint density at radius 3 is 3.00 bits per heavy atom. The van der Waals surface area contributed by atoms with Gasteiger partial charge in [0.1, 0.15) is 0 Å². The third kappa shape index (κ3) is 2.10. The van der Waals surface area contributed by atoms with Gasteiger partial charge in [0.05, 0.1) is 18.9 Å². The highest BCUT2D eigenvalue weighted by Gasteiger charge is 2.14. The van der Waals surface area contributed by atoms with Crippen LogP contribution in [0.4, 0.5) is 0 Å². The lowest BCUT2D eigenvalue weighted by atomic mass is 10.0. The maximum atomic E-state index is 11.0. The van der Waals surface area contributed by atoms with Crippen LogP contribution in [0.1, 0.15) is 6.42 Å². The molecule has 2 N–H and O–H groups in total. The van der Waals surface area contributed by atoms with Crippen molar-refractivity contribution in [1.82, 2.24) is 0 Å². The van der Waals surface area contributed by atoms with Crippen LogP contribution in [-0.2, 0) is 4.79 Å². The van der Waals surface area contributed by atoms with E-state index in [9.17, 15) is 4.79 Å². The van der Waals surface area contributed by atoms with Crippen LogP contribution in [0.25, 0.3) is 0 Å². The predicted octanol–water partition coefficient (Wildman–Crippen LogP) is -0.0315. The smallest absolute Gasteiger partial charge is 0.200 e. The van der Waals surface area contributed by atoms with Crippen LogP contribution in [0.15, 0.2) is 17.1 Å². The summed E-state index contributed by atoms with van der Waals surface area (Å²) in [6.45, 7) is 0.177. The number of aliphatic imine (C=N–C) groups is 1. The predicted molar refractivity (Wildman–Crippen MR) is 45.9 cm³/mol. The van der Waals surface area contributed by atoms with Gasteiger partial charge in [0.15, 0.2) is 5.78 Å². The van der Waals surface area contributed by atoms with Gasteiger partial charge in [-0.15, -0.1) is 0 Å². The zero-order chi connectivity index (χ0) is 8.97. The van der Waals surface area contributed by atoms with Crippen molar-refractivity contribution in [2.24, 2.45) is 4.99 Å². The molecule has 4 heteroatoms.